The summed E-state index contributed by atoms with van der Waals surface area (Å²) in [5, 5.41) is 7.05. The van der Waals surface area contributed by atoms with E-state index in [9.17, 15) is 4.79 Å². The van der Waals surface area contributed by atoms with Gasteiger partial charge in [-0.3, -0.25) is 9.69 Å². The molecule has 0 aromatic carbocycles. The number of carbonyl (C=O) groups is 1. The number of amides is 1. The van der Waals surface area contributed by atoms with E-state index in [1.54, 1.807) is 17.4 Å². The molecule has 0 N–H and O–H groups in total. The Labute approximate surface area is 145 Å². The van der Waals surface area contributed by atoms with E-state index >= 15 is 0 Å². The van der Waals surface area contributed by atoms with E-state index in [4.69, 9.17) is 4.52 Å². The number of hydrogen-bond donors (Lipinski definition) is 0. The van der Waals surface area contributed by atoms with Crippen LogP contribution in [-0.4, -0.2) is 52.0 Å². The van der Waals surface area contributed by atoms with Gasteiger partial charge < -0.3 is 9.42 Å². The number of aryl methyl sites for hydroxylation is 1. The molecule has 4 rings (SSSR count). The molecule has 1 amide bonds. The van der Waals surface area contributed by atoms with Gasteiger partial charge in [-0.1, -0.05) is 5.16 Å². The van der Waals surface area contributed by atoms with E-state index in [1.807, 2.05) is 23.4 Å². The maximum Gasteiger partial charge on any atom is 0.276 e. The normalized spacial score (nSPS) is 22.3. The molecule has 2 fully saturated rings. The Morgan fingerprint density at radius 1 is 1.50 bits per heavy atom. The zero-order valence-electron chi connectivity index (χ0n) is 14.1. The van der Waals surface area contributed by atoms with Crippen molar-refractivity contribution in [3.8, 4) is 0 Å². The van der Waals surface area contributed by atoms with Gasteiger partial charge in [-0.15, -0.1) is 11.3 Å². The molecule has 3 heterocycles. The smallest absolute Gasteiger partial charge is 0.276 e. The third kappa shape index (κ3) is 2.86. The summed E-state index contributed by atoms with van der Waals surface area (Å²) in [6.45, 7) is 4.35. The highest BCUT2D eigenvalue weighted by Crippen LogP contribution is 2.56. The summed E-state index contributed by atoms with van der Waals surface area (Å²) in [7, 11) is 2.19. The topological polar surface area (TPSA) is 62.5 Å². The van der Waals surface area contributed by atoms with Crippen molar-refractivity contribution in [2.45, 2.75) is 38.8 Å². The van der Waals surface area contributed by atoms with E-state index in [0.717, 1.165) is 32.5 Å². The standard InChI is InChI=1S/C17H22N4O2S/c1-12-9-13(19-23-12)16(22)21-6-3-17(4-7-21)10-14(17)20(2)11-15-18-5-8-24-15/h5,8-9,14H,3-4,6-7,10-11H2,1-2H3. The number of rotatable bonds is 4. The van der Waals surface area contributed by atoms with Gasteiger partial charge in [0.25, 0.3) is 5.91 Å². The highest BCUT2D eigenvalue weighted by atomic mass is 32.1. The number of hydrogen-bond acceptors (Lipinski definition) is 6. The summed E-state index contributed by atoms with van der Waals surface area (Å²) < 4.78 is 5.02. The minimum absolute atomic E-state index is 0.00459. The van der Waals surface area contributed by atoms with Gasteiger partial charge in [0.05, 0.1) is 6.54 Å². The summed E-state index contributed by atoms with van der Waals surface area (Å²) in [5.41, 5.74) is 0.819. The number of piperidine rings is 1. The molecule has 2 aromatic heterocycles. The van der Waals surface area contributed by atoms with E-state index in [2.05, 4.69) is 22.1 Å². The molecule has 1 atom stereocenters. The predicted octanol–water partition coefficient (Wildman–Crippen LogP) is 2.57. The molecule has 1 aliphatic heterocycles. The zero-order valence-corrected chi connectivity index (χ0v) is 14.9. The van der Waals surface area contributed by atoms with E-state index in [-0.39, 0.29) is 5.91 Å². The quantitative estimate of drug-likeness (QED) is 0.851. The Balaban J connectivity index is 1.33. The Morgan fingerprint density at radius 3 is 2.92 bits per heavy atom. The van der Waals surface area contributed by atoms with Crippen LogP contribution in [0, 0.1) is 12.3 Å². The second-order valence-electron chi connectivity index (χ2n) is 7.04. The number of thiazole rings is 1. The summed E-state index contributed by atoms with van der Waals surface area (Å²) in [6, 6.07) is 2.34. The third-order valence-corrected chi connectivity index (χ3v) is 6.20. The second-order valence-corrected chi connectivity index (χ2v) is 8.02. The molecule has 1 spiro atoms. The molecule has 2 aromatic rings. The molecule has 1 saturated heterocycles. The monoisotopic (exact) mass is 346 g/mol. The van der Waals surface area contributed by atoms with Crippen molar-refractivity contribution in [3.63, 3.8) is 0 Å². The Kier molecular flexibility index (Phi) is 3.92. The van der Waals surface area contributed by atoms with Crippen LogP contribution in [0.25, 0.3) is 0 Å². The summed E-state index contributed by atoms with van der Waals surface area (Å²) in [5.74, 6) is 0.674. The first kappa shape index (κ1) is 15.8. The van der Waals surface area contributed by atoms with E-state index in [1.165, 1.54) is 11.4 Å². The first-order chi connectivity index (χ1) is 11.6. The van der Waals surface area contributed by atoms with Crippen LogP contribution in [0.3, 0.4) is 0 Å². The molecule has 1 saturated carbocycles. The summed E-state index contributed by atoms with van der Waals surface area (Å²) in [6.07, 6.45) is 5.25. The van der Waals surface area contributed by atoms with Crippen LogP contribution in [-0.2, 0) is 6.54 Å². The lowest BCUT2D eigenvalue weighted by Crippen LogP contribution is -2.41. The molecule has 6 nitrogen and oxygen atoms in total. The van der Waals surface area contributed by atoms with Crippen LogP contribution >= 0.6 is 11.3 Å². The summed E-state index contributed by atoms with van der Waals surface area (Å²) in [4.78, 5) is 21.2. The minimum Gasteiger partial charge on any atom is -0.361 e. The van der Waals surface area contributed by atoms with Crippen molar-refractivity contribution in [2.75, 3.05) is 20.1 Å². The molecule has 128 valence electrons. The van der Waals surface area contributed by atoms with Gasteiger partial charge in [0.15, 0.2) is 5.69 Å². The molecule has 2 aliphatic rings. The van der Waals surface area contributed by atoms with Crippen LogP contribution in [0.5, 0.6) is 0 Å². The lowest BCUT2D eigenvalue weighted by Gasteiger charge is -2.33. The van der Waals surface area contributed by atoms with Crippen LogP contribution in [0.15, 0.2) is 22.2 Å². The Morgan fingerprint density at radius 2 is 2.29 bits per heavy atom. The molecule has 1 aliphatic carbocycles. The van der Waals surface area contributed by atoms with Crippen molar-refractivity contribution >= 4 is 17.2 Å². The molecule has 0 radical (unpaired) electrons. The first-order valence-electron chi connectivity index (χ1n) is 8.39. The Hall–Kier alpha value is -1.73. The van der Waals surface area contributed by atoms with Crippen LogP contribution < -0.4 is 0 Å². The van der Waals surface area contributed by atoms with Crippen molar-refractivity contribution in [2.24, 2.45) is 5.41 Å². The van der Waals surface area contributed by atoms with Crippen molar-refractivity contribution in [3.05, 3.63) is 34.1 Å². The number of carbonyl (C=O) groups excluding carboxylic acids is 1. The molecule has 7 heteroatoms. The fourth-order valence-corrected chi connectivity index (χ4v) is 4.60. The average molecular weight is 346 g/mol. The minimum atomic E-state index is -0.00459. The first-order valence-corrected chi connectivity index (χ1v) is 9.27. The van der Waals surface area contributed by atoms with Gasteiger partial charge in [0, 0.05) is 36.8 Å². The van der Waals surface area contributed by atoms with Crippen LogP contribution in [0.1, 0.15) is 40.5 Å². The number of likely N-dealkylation sites (tertiary alicyclic amines) is 1. The van der Waals surface area contributed by atoms with Gasteiger partial charge in [-0.05, 0) is 38.6 Å². The predicted molar refractivity (Wildman–Crippen MR) is 90.8 cm³/mol. The highest BCUT2D eigenvalue weighted by Gasteiger charge is 2.56. The lowest BCUT2D eigenvalue weighted by molar-refractivity contribution is 0.0647. The van der Waals surface area contributed by atoms with Gasteiger partial charge >= 0.3 is 0 Å². The van der Waals surface area contributed by atoms with Crippen molar-refractivity contribution < 1.29 is 9.32 Å². The van der Waals surface area contributed by atoms with Gasteiger partial charge in [0.1, 0.15) is 10.8 Å². The largest absolute Gasteiger partial charge is 0.361 e. The van der Waals surface area contributed by atoms with Crippen LogP contribution in [0.4, 0.5) is 0 Å². The maximum atomic E-state index is 12.5. The second kappa shape index (κ2) is 5.97. The average Bonchev–Trinajstić information content (AvgIpc) is 2.95. The zero-order chi connectivity index (χ0) is 16.7. The molecule has 0 bridgehead atoms. The van der Waals surface area contributed by atoms with Gasteiger partial charge in [-0.25, -0.2) is 4.98 Å². The summed E-state index contributed by atoms with van der Waals surface area (Å²) >= 11 is 1.71. The van der Waals surface area contributed by atoms with Gasteiger partial charge in [0.2, 0.25) is 0 Å². The maximum absolute atomic E-state index is 12.5. The van der Waals surface area contributed by atoms with E-state index in [0.29, 0.717) is 22.9 Å². The Bertz CT molecular complexity index is 719. The third-order valence-electron chi connectivity index (χ3n) is 5.44. The molecule has 24 heavy (non-hydrogen) atoms. The fourth-order valence-electron chi connectivity index (χ4n) is 3.93. The lowest BCUT2D eigenvalue weighted by atomic mass is 9.92. The van der Waals surface area contributed by atoms with Gasteiger partial charge in [-0.2, -0.15) is 0 Å². The highest BCUT2D eigenvalue weighted by molar-refractivity contribution is 7.09. The van der Waals surface area contributed by atoms with E-state index < -0.39 is 0 Å². The number of aromatic nitrogens is 2. The number of nitrogens with zero attached hydrogens (tertiary/aromatic N) is 4. The van der Waals surface area contributed by atoms with Crippen LogP contribution in [0.2, 0.25) is 0 Å². The van der Waals surface area contributed by atoms with Crippen molar-refractivity contribution in [1.29, 1.82) is 0 Å². The van der Waals surface area contributed by atoms with Crippen molar-refractivity contribution in [1.82, 2.24) is 19.9 Å². The fraction of sp³-hybridized carbons (Fsp3) is 0.588. The molecular formula is C17H22N4O2S. The molecule has 1 unspecified atom stereocenters. The molecular weight excluding hydrogens is 324 g/mol. The SMILES string of the molecule is Cc1cc(C(=O)N2CCC3(CC2)CC3N(C)Cc2nccs2)no1.